The lowest BCUT2D eigenvalue weighted by molar-refractivity contribution is 0.669. The molecule has 12 rings (SSSR count). The fourth-order valence-corrected chi connectivity index (χ4v) is 9.38. The summed E-state index contributed by atoms with van der Waals surface area (Å²) >= 11 is 0. The third kappa shape index (κ3) is 4.55. The molecule has 2 aromatic heterocycles. The van der Waals surface area contributed by atoms with Crippen LogP contribution in [0.2, 0.25) is 0 Å². The topological polar surface area (TPSA) is 18.1 Å². The van der Waals surface area contributed by atoms with Crippen molar-refractivity contribution in [1.82, 2.24) is 4.57 Å². The van der Waals surface area contributed by atoms with E-state index >= 15 is 0 Å². The Kier molecular flexibility index (Phi) is 6.43. The third-order valence-corrected chi connectivity index (χ3v) is 11.9. The summed E-state index contributed by atoms with van der Waals surface area (Å²) in [6, 6.07) is 71.1. The largest absolute Gasteiger partial charge is 0.456 e. The highest BCUT2D eigenvalue weighted by Crippen LogP contribution is 2.49. The third-order valence-electron chi connectivity index (χ3n) is 11.9. The molecule has 1 atom stereocenters. The molecule has 0 saturated heterocycles. The lowest BCUT2D eigenvalue weighted by Gasteiger charge is -2.15. The first-order valence-corrected chi connectivity index (χ1v) is 19.0. The number of para-hydroxylation sites is 2. The molecular formula is C53H33NO. The van der Waals surface area contributed by atoms with Crippen LogP contribution >= 0.6 is 0 Å². The van der Waals surface area contributed by atoms with E-state index in [4.69, 9.17) is 4.42 Å². The van der Waals surface area contributed by atoms with Gasteiger partial charge < -0.3 is 8.98 Å². The fraction of sp³-hybridized carbons (Fsp3) is 0.0189. The van der Waals surface area contributed by atoms with Gasteiger partial charge in [0.2, 0.25) is 0 Å². The maximum Gasteiger partial charge on any atom is 0.136 e. The number of nitrogens with zero attached hydrogens (tertiary/aromatic N) is 1. The zero-order valence-corrected chi connectivity index (χ0v) is 29.9. The van der Waals surface area contributed by atoms with Crippen molar-refractivity contribution in [2.75, 3.05) is 0 Å². The van der Waals surface area contributed by atoms with Crippen LogP contribution in [0.15, 0.2) is 199 Å². The number of benzene rings is 9. The van der Waals surface area contributed by atoms with E-state index in [9.17, 15) is 0 Å². The monoisotopic (exact) mass is 699 g/mol. The van der Waals surface area contributed by atoms with E-state index in [1.54, 1.807) is 0 Å². The van der Waals surface area contributed by atoms with Gasteiger partial charge in [-0.2, -0.15) is 0 Å². The SMILES string of the molecule is c1ccc(C2c3ccccc3-c3ccc(-c4ccc5c6ccccc6n(-c6ccc7cc(-c8cccc9oc%10ccccc%10c89)ccc7c6)c5c4)cc32)cc1. The molecule has 0 aliphatic heterocycles. The van der Waals surface area contributed by atoms with E-state index in [0.717, 1.165) is 22.2 Å². The van der Waals surface area contributed by atoms with Gasteiger partial charge in [-0.15, -0.1) is 0 Å². The second kappa shape index (κ2) is 11.7. The first-order valence-electron chi connectivity index (χ1n) is 19.0. The van der Waals surface area contributed by atoms with Crippen molar-refractivity contribution >= 4 is 54.5 Å². The van der Waals surface area contributed by atoms with Gasteiger partial charge in [0.05, 0.1) is 11.0 Å². The zero-order chi connectivity index (χ0) is 36.0. The second-order valence-corrected chi connectivity index (χ2v) is 14.8. The molecule has 0 radical (unpaired) electrons. The molecule has 1 unspecified atom stereocenters. The molecule has 0 saturated carbocycles. The lowest BCUT2D eigenvalue weighted by Crippen LogP contribution is -1.99. The molecule has 55 heavy (non-hydrogen) atoms. The Hall–Kier alpha value is -7.16. The minimum Gasteiger partial charge on any atom is -0.456 e. The molecule has 2 heteroatoms. The minimum atomic E-state index is 0.215. The molecule has 0 N–H and O–H groups in total. The number of fused-ring (bicyclic) bond motifs is 10. The highest BCUT2D eigenvalue weighted by Gasteiger charge is 2.30. The maximum absolute atomic E-state index is 6.22. The predicted octanol–water partition coefficient (Wildman–Crippen LogP) is 14.3. The van der Waals surface area contributed by atoms with E-state index in [0.29, 0.717) is 0 Å². The number of hydrogen-bond donors (Lipinski definition) is 0. The number of furan rings is 1. The average molecular weight is 700 g/mol. The zero-order valence-electron chi connectivity index (χ0n) is 29.9. The van der Waals surface area contributed by atoms with Crippen LogP contribution < -0.4 is 0 Å². The van der Waals surface area contributed by atoms with Gasteiger partial charge in [0.25, 0.3) is 0 Å². The van der Waals surface area contributed by atoms with Crippen LogP contribution in [0.5, 0.6) is 0 Å². The molecule has 0 spiro atoms. The Morgan fingerprint density at radius 2 is 1.05 bits per heavy atom. The average Bonchev–Trinajstić information content (AvgIpc) is 3.91. The number of hydrogen-bond acceptors (Lipinski definition) is 1. The summed E-state index contributed by atoms with van der Waals surface area (Å²) in [6.45, 7) is 0. The summed E-state index contributed by atoms with van der Waals surface area (Å²) in [6.07, 6.45) is 0. The Labute approximate surface area is 318 Å². The molecule has 1 aliphatic rings. The molecule has 2 nitrogen and oxygen atoms in total. The van der Waals surface area contributed by atoms with Gasteiger partial charge in [-0.1, -0.05) is 146 Å². The van der Waals surface area contributed by atoms with Crippen LogP contribution in [0.1, 0.15) is 22.6 Å². The van der Waals surface area contributed by atoms with E-state index in [1.807, 2.05) is 12.1 Å². The van der Waals surface area contributed by atoms with Crippen LogP contribution in [0.3, 0.4) is 0 Å². The van der Waals surface area contributed by atoms with E-state index in [1.165, 1.54) is 88.0 Å². The van der Waals surface area contributed by atoms with Crippen molar-refractivity contribution in [2.24, 2.45) is 0 Å². The molecule has 256 valence electrons. The first kappa shape index (κ1) is 30.3. The molecule has 0 fully saturated rings. The van der Waals surface area contributed by atoms with Crippen LogP contribution in [0.4, 0.5) is 0 Å². The first-order chi connectivity index (χ1) is 27.3. The van der Waals surface area contributed by atoms with Crippen molar-refractivity contribution in [3.8, 4) is 39.1 Å². The highest BCUT2D eigenvalue weighted by atomic mass is 16.3. The Balaban J connectivity index is 0.990. The van der Waals surface area contributed by atoms with Gasteiger partial charge in [0.15, 0.2) is 0 Å². The van der Waals surface area contributed by atoms with Crippen LogP contribution in [0.25, 0.3) is 93.6 Å². The summed E-state index contributed by atoms with van der Waals surface area (Å²) in [5.74, 6) is 0.215. The van der Waals surface area contributed by atoms with Crippen LogP contribution in [0, 0.1) is 0 Å². The van der Waals surface area contributed by atoms with Crippen LogP contribution in [-0.4, -0.2) is 4.57 Å². The predicted molar refractivity (Wildman–Crippen MR) is 229 cm³/mol. The van der Waals surface area contributed by atoms with E-state index in [2.05, 4.69) is 187 Å². The summed E-state index contributed by atoms with van der Waals surface area (Å²) < 4.78 is 8.66. The van der Waals surface area contributed by atoms with Crippen LogP contribution in [-0.2, 0) is 0 Å². The quantitative estimate of drug-likeness (QED) is 0.179. The van der Waals surface area contributed by atoms with E-state index in [-0.39, 0.29) is 5.92 Å². The van der Waals surface area contributed by atoms with Gasteiger partial charge in [-0.25, -0.2) is 0 Å². The Morgan fingerprint density at radius 3 is 2.00 bits per heavy atom. The molecule has 0 amide bonds. The van der Waals surface area contributed by atoms with Crippen molar-refractivity contribution in [2.45, 2.75) is 5.92 Å². The Morgan fingerprint density at radius 1 is 0.382 bits per heavy atom. The lowest BCUT2D eigenvalue weighted by atomic mass is 9.88. The molecular weight excluding hydrogens is 667 g/mol. The van der Waals surface area contributed by atoms with Crippen molar-refractivity contribution in [1.29, 1.82) is 0 Å². The smallest absolute Gasteiger partial charge is 0.136 e. The minimum absolute atomic E-state index is 0.215. The summed E-state index contributed by atoms with van der Waals surface area (Å²) in [5, 5.41) is 7.24. The van der Waals surface area contributed by atoms with Gasteiger partial charge in [-0.3, -0.25) is 0 Å². The molecule has 9 aromatic carbocycles. The standard InChI is InChI=1S/C53H33NO/c1-2-11-33(12-3-1)52-45-15-5-4-13-41(45)42-27-24-36(31-47(42)52)37-25-28-44-43-14-6-8-18-48(43)54(49(44)32-37)39-26-23-34-29-38(22-21-35(34)30-39)40-17-10-20-51-53(40)46-16-7-9-19-50(46)55-51/h1-32,52H. The van der Waals surface area contributed by atoms with Crippen molar-refractivity contribution < 1.29 is 4.42 Å². The Bertz CT molecular complexity index is 3330. The normalized spacial score (nSPS) is 13.6. The highest BCUT2D eigenvalue weighted by molar-refractivity contribution is 6.13. The molecule has 1 aliphatic carbocycles. The summed E-state index contributed by atoms with van der Waals surface area (Å²) in [5.41, 5.74) is 17.0. The van der Waals surface area contributed by atoms with Gasteiger partial charge >= 0.3 is 0 Å². The molecule has 11 aromatic rings. The number of aromatic nitrogens is 1. The molecule has 2 heterocycles. The van der Waals surface area contributed by atoms with Gasteiger partial charge in [0.1, 0.15) is 11.2 Å². The van der Waals surface area contributed by atoms with E-state index < -0.39 is 0 Å². The maximum atomic E-state index is 6.22. The molecule has 0 bridgehead atoms. The second-order valence-electron chi connectivity index (χ2n) is 14.8. The van der Waals surface area contributed by atoms with Gasteiger partial charge in [-0.05, 0) is 109 Å². The fourth-order valence-electron chi connectivity index (χ4n) is 9.38. The van der Waals surface area contributed by atoms with Crippen molar-refractivity contribution in [3.05, 3.63) is 211 Å². The summed E-state index contributed by atoms with van der Waals surface area (Å²) in [7, 11) is 0. The number of rotatable bonds is 4. The van der Waals surface area contributed by atoms with Crippen molar-refractivity contribution in [3.63, 3.8) is 0 Å². The van der Waals surface area contributed by atoms with Gasteiger partial charge in [0, 0.05) is 33.2 Å². The summed E-state index contributed by atoms with van der Waals surface area (Å²) in [4.78, 5) is 0.